The molecule has 4 nitrogen and oxygen atoms in total. The van der Waals surface area contributed by atoms with Crippen LogP contribution in [0.5, 0.6) is 5.75 Å². The van der Waals surface area contributed by atoms with Crippen molar-refractivity contribution in [3.63, 3.8) is 0 Å². The molecule has 0 aliphatic heterocycles. The fourth-order valence-electron chi connectivity index (χ4n) is 2.11. The Hall–Kier alpha value is -2.33. The summed E-state index contributed by atoms with van der Waals surface area (Å²) in [5.74, 6) is 0.480. The maximum Gasteiger partial charge on any atom is 0.160 e. The summed E-state index contributed by atoms with van der Waals surface area (Å²) in [7, 11) is 1.61. The van der Waals surface area contributed by atoms with E-state index in [9.17, 15) is 9.90 Å². The fraction of sp³-hybridized carbons (Fsp3) is 0.235. The van der Waals surface area contributed by atoms with Gasteiger partial charge < -0.3 is 15.2 Å². The Morgan fingerprint density at radius 1 is 1.10 bits per heavy atom. The maximum absolute atomic E-state index is 11.5. The number of hydrogen-bond donors (Lipinski definition) is 2. The van der Waals surface area contributed by atoms with Gasteiger partial charge in [-0.05, 0) is 36.8 Å². The van der Waals surface area contributed by atoms with Crippen molar-refractivity contribution >= 4 is 11.5 Å². The maximum atomic E-state index is 11.5. The number of rotatable bonds is 6. The Bertz CT molecular complexity index is 581. The van der Waals surface area contributed by atoms with E-state index in [1.165, 1.54) is 6.92 Å². The summed E-state index contributed by atoms with van der Waals surface area (Å²) in [6, 6.07) is 16.3. The normalized spacial score (nSPS) is 13.3. The van der Waals surface area contributed by atoms with E-state index in [1.54, 1.807) is 7.11 Å². The summed E-state index contributed by atoms with van der Waals surface area (Å²) in [5, 5.41) is 13.4. The van der Waals surface area contributed by atoms with Crippen molar-refractivity contribution < 1.29 is 14.6 Å². The number of ketones is 1. The zero-order valence-corrected chi connectivity index (χ0v) is 12.1. The number of hydrogen-bond acceptors (Lipinski definition) is 4. The molecule has 21 heavy (non-hydrogen) atoms. The van der Waals surface area contributed by atoms with Crippen LogP contribution < -0.4 is 10.1 Å². The van der Waals surface area contributed by atoms with Gasteiger partial charge in [-0.1, -0.05) is 30.3 Å². The number of aliphatic hydroxyl groups is 1. The molecule has 4 heteroatoms. The number of carbonyl (C=O) groups excluding carboxylic acids is 1. The molecule has 0 heterocycles. The number of nitrogens with one attached hydrogen (secondary N) is 1. The van der Waals surface area contributed by atoms with Crippen LogP contribution in [0, 0.1) is 0 Å². The van der Waals surface area contributed by atoms with E-state index in [1.807, 2.05) is 54.6 Å². The standard InChI is InChI=1S/C17H19NO3/c1-12(19)17(20)16(13-6-4-3-5-7-13)18-14-8-10-15(21-2)11-9-14/h3-11,16-18,20H,1-2H3/t16-,17+/m1/s1. The number of anilines is 1. The van der Waals surface area contributed by atoms with Crippen molar-refractivity contribution in [2.24, 2.45) is 0 Å². The third kappa shape index (κ3) is 3.83. The van der Waals surface area contributed by atoms with Crippen LogP contribution in [-0.2, 0) is 4.79 Å². The van der Waals surface area contributed by atoms with Crippen LogP contribution in [0.4, 0.5) is 5.69 Å². The molecule has 0 unspecified atom stereocenters. The van der Waals surface area contributed by atoms with Gasteiger partial charge in [0.15, 0.2) is 5.78 Å². The van der Waals surface area contributed by atoms with Crippen LogP contribution >= 0.6 is 0 Å². The Balaban J connectivity index is 2.25. The molecular formula is C17H19NO3. The van der Waals surface area contributed by atoms with Crippen molar-refractivity contribution in [3.05, 3.63) is 60.2 Å². The number of methoxy groups -OCH3 is 1. The summed E-state index contributed by atoms with van der Waals surface area (Å²) in [6.07, 6.45) is -1.10. The summed E-state index contributed by atoms with van der Waals surface area (Å²) < 4.78 is 5.11. The lowest BCUT2D eigenvalue weighted by molar-refractivity contribution is -0.125. The highest BCUT2D eigenvalue weighted by Crippen LogP contribution is 2.24. The highest BCUT2D eigenvalue weighted by Gasteiger charge is 2.24. The van der Waals surface area contributed by atoms with Gasteiger partial charge in [-0.3, -0.25) is 4.79 Å². The molecule has 0 aromatic heterocycles. The number of ether oxygens (including phenoxy) is 1. The van der Waals surface area contributed by atoms with Gasteiger partial charge in [0.1, 0.15) is 11.9 Å². The zero-order valence-electron chi connectivity index (χ0n) is 12.1. The van der Waals surface area contributed by atoms with Gasteiger partial charge in [-0.2, -0.15) is 0 Å². The Labute approximate surface area is 124 Å². The molecule has 2 N–H and O–H groups in total. The van der Waals surface area contributed by atoms with E-state index in [-0.39, 0.29) is 5.78 Å². The first kappa shape index (κ1) is 15.1. The van der Waals surface area contributed by atoms with Crippen LogP contribution in [0.25, 0.3) is 0 Å². The summed E-state index contributed by atoms with van der Waals surface area (Å²) in [4.78, 5) is 11.5. The van der Waals surface area contributed by atoms with Gasteiger partial charge in [-0.25, -0.2) is 0 Å². The van der Waals surface area contributed by atoms with Crippen LogP contribution in [-0.4, -0.2) is 24.1 Å². The highest BCUT2D eigenvalue weighted by atomic mass is 16.5. The van der Waals surface area contributed by atoms with Crippen LogP contribution in [0.3, 0.4) is 0 Å². The molecule has 2 atom stereocenters. The lowest BCUT2D eigenvalue weighted by atomic mass is 9.98. The molecule has 0 aliphatic carbocycles. The second kappa shape index (κ2) is 6.90. The molecule has 0 saturated carbocycles. The van der Waals surface area contributed by atoms with Crippen molar-refractivity contribution in [2.75, 3.05) is 12.4 Å². The SMILES string of the molecule is COc1ccc(N[C@H](c2ccccc2)[C@@H](O)C(C)=O)cc1. The molecule has 110 valence electrons. The van der Waals surface area contributed by atoms with Crippen molar-refractivity contribution in [1.29, 1.82) is 0 Å². The molecule has 0 saturated heterocycles. The molecule has 0 fully saturated rings. The smallest absolute Gasteiger partial charge is 0.160 e. The number of benzene rings is 2. The fourth-order valence-corrected chi connectivity index (χ4v) is 2.11. The molecule has 0 spiro atoms. The van der Waals surface area contributed by atoms with Gasteiger partial charge in [0, 0.05) is 5.69 Å². The van der Waals surface area contributed by atoms with Crippen LogP contribution in [0.1, 0.15) is 18.5 Å². The highest BCUT2D eigenvalue weighted by molar-refractivity contribution is 5.81. The summed E-state index contributed by atoms with van der Waals surface area (Å²) >= 11 is 0. The van der Waals surface area contributed by atoms with E-state index in [4.69, 9.17) is 4.74 Å². The predicted octanol–water partition coefficient (Wildman–Crippen LogP) is 2.80. The minimum absolute atomic E-state index is 0.273. The molecule has 2 rings (SSSR count). The molecule has 2 aromatic rings. The Morgan fingerprint density at radius 2 is 1.71 bits per heavy atom. The van der Waals surface area contributed by atoms with Gasteiger partial charge in [0.05, 0.1) is 13.2 Å². The summed E-state index contributed by atoms with van der Waals surface area (Å²) in [5.41, 5.74) is 1.67. The predicted molar refractivity (Wildman–Crippen MR) is 82.5 cm³/mol. The first-order valence-electron chi connectivity index (χ1n) is 6.76. The first-order chi connectivity index (χ1) is 10.1. The second-order valence-electron chi connectivity index (χ2n) is 4.82. The van der Waals surface area contributed by atoms with E-state index < -0.39 is 12.1 Å². The largest absolute Gasteiger partial charge is 0.497 e. The molecule has 2 aromatic carbocycles. The van der Waals surface area contributed by atoms with E-state index in [0.29, 0.717) is 0 Å². The van der Waals surface area contributed by atoms with Crippen molar-refractivity contribution in [3.8, 4) is 5.75 Å². The minimum atomic E-state index is -1.10. The topological polar surface area (TPSA) is 58.6 Å². The Morgan fingerprint density at radius 3 is 2.24 bits per heavy atom. The number of aliphatic hydroxyl groups excluding tert-OH is 1. The van der Waals surface area contributed by atoms with Crippen LogP contribution in [0.2, 0.25) is 0 Å². The quantitative estimate of drug-likeness (QED) is 0.857. The lowest BCUT2D eigenvalue weighted by Gasteiger charge is -2.24. The molecule has 0 bridgehead atoms. The van der Waals surface area contributed by atoms with E-state index in [2.05, 4.69) is 5.32 Å². The Kier molecular flexibility index (Phi) is 4.95. The van der Waals surface area contributed by atoms with Crippen LogP contribution in [0.15, 0.2) is 54.6 Å². The second-order valence-corrected chi connectivity index (χ2v) is 4.82. The monoisotopic (exact) mass is 285 g/mol. The van der Waals surface area contributed by atoms with E-state index >= 15 is 0 Å². The molecule has 0 aliphatic rings. The first-order valence-corrected chi connectivity index (χ1v) is 6.76. The number of carbonyl (C=O) groups is 1. The number of Topliss-reactive ketones (excluding diaryl/α,β-unsaturated/α-hetero) is 1. The molecular weight excluding hydrogens is 266 g/mol. The van der Waals surface area contributed by atoms with Gasteiger partial charge in [0.25, 0.3) is 0 Å². The van der Waals surface area contributed by atoms with Crippen molar-refractivity contribution in [1.82, 2.24) is 0 Å². The van der Waals surface area contributed by atoms with Crippen molar-refractivity contribution in [2.45, 2.75) is 19.1 Å². The molecule has 0 radical (unpaired) electrons. The lowest BCUT2D eigenvalue weighted by Crippen LogP contribution is -2.31. The summed E-state index contributed by atoms with van der Waals surface area (Å²) in [6.45, 7) is 1.39. The van der Waals surface area contributed by atoms with Gasteiger partial charge in [0.2, 0.25) is 0 Å². The zero-order chi connectivity index (χ0) is 15.2. The third-order valence-electron chi connectivity index (χ3n) is 3.30. The average Bonchev–Trinajstić information content (AvgIpc) is 2.53. The molecule has 0 amide bonds. The van der Waals surface area contributed by atoms with Gasteiger partial charge in [-0.15, -0.1) is 0 Å². The van der Waals surface area contributed by atoms with Gasteiger partial charge >= 0.3 is 0 Å². The average molecular weight is 285 g/mol. The third-order valence-corrected chi connectivity index (χ3v) is 3.30. The van der Waals surface area contributed by atoms with E-state index in [0.717, 1.165) is 17.0 Å². The minimum Gasteiger partial charge on any atom is -0.497 e.